The summed E-state index contributed by atoms with van der Waals surface area (Å²) in [4.78, 5) is 10.4. The third-order valence-electron chi connectivity index (χ3n) is 1.97. The molecule has 0 aliphatic heterocycles. The summed E-state index contributed by atoms with van der Waals surface area (Å²) in [7, 11) is 0. The number of aryl methyl sites for hydroxylation is 1. The fourth-order valence-corrected chi connectivity index (χ4v) is 1.62. The van der Waals surface area contributed by atoms with E-state index in [1.165, 1.54) is 0 Å². The summed E-state index contributed by atoms with van der Waals surface area (Å²) in [6.45, 7) is 1.84. The lowest BCUT2D eigenvalue weighted by atomic mass is 10.0. The molecular weight excluding hydrogens is 248 g/mol. The Kier molecular flexibility index (Phi) is 3.66. The monoisotopic (exact) mass is 258 g/mol. The summed E-state index contributed by atoms with van der Waals surface area (Å²) in [5.41, 5.74) is 1.55. The van der Waals surface area contributed by atoms with E-state index >= 15 is 0 Å². The summed E-state index contributed by atoms with van der Waals surface area (Å²) in [6.07, 6.45) is -1.21. The maximum atomic E-state index is 10.4. The zero-order valence-electron chi connectivity index (χ0n) is 7.70. The van der Waals surface area contributed by atoms with Gasteiger partial charge in [0.25, 0.3) is 0 Å². The number of aliphatic carboxylic acids is 1. The van der Waals surface area contributed by atoms with Crippen molar-refractivity contribution in [3.05, 3.63) is 33.8 Å². The van der Waals surface area contributed by atoms with Crippen LogP contribution >= 0.6 is 15.9 Å². The Hall–Kier alpha value is -0.870. The molecule has 0 saturated heterocycles. The second-order valence-corrected chi connectivity index (χ2v) is 4.03. The van der Waals surface area contributed by atoms with Gasteiger partial charge >= 0.3 is 5.97 Å². The normalized spacial score (nSPS) is 12.5. The third kappa shape index (κ3) is 2.82. The van der Waals surface area contributed by atoms with Crippen molar-refractivity contribution >= 4 is 21.9 Å². The average molecular weight is 259 g/mol. The largest absolute Gasteiger partial charge is 0.481 e. The Morgan fingerprint density at radius 3 is 2.79 bits per heavy atom. The van der Waals surface area contributed by atoms with Crippen molar-refractivity contribution in [1.29, 1.82) is 0 Å². The lowest BCUT2D eigenvalue weighted by molar-refractivity contribution is -0.139. The predicted molar refractivity (Wildman–Crippen MR) is 56.1 cm³/mol. The van der Waals surface area contributed by atoms with Crippen molar-refractivity contribution in [3.63, 3.8) is 0 Å². The van der Waals surface area contributed by atoms with Crippen LogP contribution in [0.4, 0.5) is 0 Å². The first-order chi connectivity index (χ1) is 6.50. The summed E-state index contributed by atoms with van der Waals surface area (Å²) in [6, 6.07) is 5.43. The second-order valence-electron chi connectivity index (χ2n) is 3.11. The van der Waals surface area contributed by atoms with Crippen molar-refractivity contribution < 1.29 is 15.0 Å². The van der Waals surface area contributed by atoms with Gasteiger partial charge < -0.3 is 10.2 Å². The standard InChI is InChI=1S/C10H11BrO3/c1-6-2-3-7(11)4-8(6)9(12)5-10(13)14/h2-4,9,12H,5H2,1H3,(H,13,14)/t9-/m0/s1. The van der Waals surface area contributed by atoms with E-state index in [1.807, 2.05) is 19.1 Å². The van der Waals surface area contributed by atoms with Gasteiger partial charge in [-0.25, -0.2) is 0 Å². The van der Waals surface area contributed by atoms with E-state index in [4.69, 9.17) is 5.11 Å². The molecule has 0 bridgehead atoms. The lowest BCUT2D eigenvalue weighted by Gasteiger charge is -2.11. The molecule has 1 rings (SSSR count). The van der Waals surface area contributed by atoms with Crippen molar-refractivity contribution in [3.8, 4) is 0 Å². The van der Waals surface area contributed by atoms with Crippen LogP contribution in [0.15, 0.2) is 22.7 Å². The predicted octanol–water partition coefficient (Wildman–Crippen LogP) is 2.27. The molecule has 0 fully saturated rings. The van der Waals surface area contributed by atoms with Crippen LogP contribution in [0, 0.1) is 6.92 Å². The number of rotatable bonds is 3. The Morgan fingerprint density at radius 1 is 1.57 bits per heavy atom. The highest BCUT2D eigenvalue weighted by molar-refractivity contribution is 9.10. The van der Waals surface area contributed by atoms with Gasteiger partial charge in [-0.15, -0.1) is 0 Å². The quantitative estimate of drug-likeness (QED) is 0.875. The second kappa shape index (κ2) is 4.57. The summed E-state index contributed by atoms with van der Waals surface area (Å²) in [5.74, 6) is -1.00. The number of hydrogen-bond acceptors (Lipinski definition) is 2. The first-order valence-electron chi connectivity index (χ1n) is 4.16. The van der Waals surface area contributed by atoms with Gasteiger partial charge in [0, 0.05) is 4.47 Å². The van der Waals surface area contributed by atoms with Crippen LogP contribution in [0.3, 0.4) is 0 Å². The van der Waals surface area contributed by atoms with E-state index in [9.17, 15) is 9.90 Å². The molecule has 0 aliphatic carbocycles. The molecule has 0 aliphatic rings. The van der Waals surface area contributed by atoms with E-state index in [0.717, 1.165) is 10.0 Å². The van der Waals surface area contributed by atoms with Gasteiger partial charge in [0.1, 0.15) is 0 Å². The smallest absolute Gasteiger partial charge is 0.306 e. The number of carboxylic acids is 1. The highest BCUT2D eigenvalue weighted by Gasteiger charge is 2.14. The zero-order chi connectivity index (χ0) is 10.7. The van der Waals surface area contributed by atoms with Gasteiger partial charge in [0.05, 0.1) is 12.5 Å². The topological polar surface area (TPSA) is 57.5 Å². The van der Waals surface area contributed by atoms with Crippen LogP contribution in [-0.2, 0) is 4.79 Å². The minimum absolute atomic E-state index is 0.267. The number of halogens is 1. The Balaban J connectivity index is 2.93. The van der Waals surface area contributed by atoms with Crippen molar-refractivity contribution in [2.24, 2.45) is 0 Å². The minimum atomic E-state index is -1.00. The molecule has 2 N–H and O–H groups in total. The fraction of sp³-hybridized carbons (Fsp3) is 0.300. The molecule has 76 valence electrons. The third-order valence-corrected chi connectivity index (χ3v) is 2.46. The fourth-order valence-electron chi connectivity index (χ4n) is 1.25. The molecule has 0 unspecified atom stereocenters. The van der Waals surface area contributed by atoms with Gasteiger partial charge in [0.2, 0.25) is 0 Å². The van der Waals surface area contributed by atoms with E-state index in [-0.39, 0.29) is 6.42 Å². The molecule has 3 nitrogen and oxygen atoms in total. The van der Waals surface area contributed by atoms with Crippen molar-refractivity contribution in [2.45, 2.75) is 19.4 Å². The maximum absolute atomic E-state index is 10.4. The number of hydrogen-bond donors (Lipinski definition) is 2. The highest BCUT2D eigenvalue weighted by atomic mass is 79.9. The summed E-state index contributed by atoms with van der Waals surface area (Å²) in [5, 5.41) is 18.1. The van der Waals surface area contributed by atoms with Gasteiger partial charge in [-0.1, -0.05) is 22.0 Å². The minimum Gasteiger partial charge on any atom is -0.481 e. The van der Waals surface area contributed by atoms with Crippen LogP contribution in [0.1, 0.15) is 23.7 Å². The van der Waals surface area contributed by atoms with E-state index in [1.54, 1.807) is 6.07 Å². The molecule has 1 aromatic rings. The van der Waals surface area contributed by atoms with E-state index in [0.29, 0.717) is 5.56 Å². The van der Waals surface area contributed by atoms with Gasteiger partial charge in [-0.3, -0.25) is 4.79 Å². The molecule has 0 spiro atoms. The average Bonchev–Trinajstić information content (AvgIpc) is 2.08. The highest BCUT2D eigenvalue weighted by Crippen LogP contribution is 2.24. The van der Waals surface area contributed by atoms with Gasteiger partial charge in [-0.05, 0) is 30.2 Å². The number of benzene rings is 1. The molecule has 1 atom stereocenters. The van der Waals surface area contributed by atoms with Crippen LogP contribution in [0.25, 0.3) is 0 Å². The first kappa shape index (κ1) is 11.2. The molecule has 0 radical (unpaired) electrons. The number of aliphatic hydroxyl groups excluding tert-OH is 1. The maximum Gasteiger partial charge on any atom is 0.306 e. The molecule has 0 aromatic heterocycles. The summed E-state index contributed by atoms with van der Waals surface area (Å²) >= 11 is 3.27. The van der Waals surface area contributed by atoms with Crippen molar-refractivity contribution in [2.75, 3.05) is 0 Å². The number of aliphatic hydroxyl groups is 1. The zero-order valence-corrected chi connectivity index (χ0v) is 9.28. The molecule has 0 amide bonds. The van der Waals surface area contributed by atoms with Gasteiger partial charge in [0.15, 0.2) is 0 Å². The number of carboxylic acid groups (broad SMARTS) is 1. The molecule has 14 heavy (non-hydrogen) atoms. The van der Waals surface area contributed by atoms with Gasteiger partial charge in [-0.2, -0.15) is 0 Å². The molecular formula is C10H11BrO3. The molecule has 1 aromatic carbocycles. The first-order valence-corrected chi connectivity index (χ1v) is 4.96. The SMILES string of the molecule is Cc1ccc(Br)cc1[C@@H](O)CC(=O)O. The Labute approximate surface area is 90.5 Å². The molecule has 0 saturated carbocycles. The molecule has 0 heterocycles. The summed E-state index contributed by atoms with van der Waals surface area (Å²) < 4.78 is 0.836. The lowest BCUT2D eigenvalue weighted by Crippen LogP contribution is -2.06. The van der Waals surface area contributed by atoms with Crippen LogP contribution in [0.2, 0.25) is 0 Å². The molecule has 4 heteroatoms. The Morgan fingerprint density at radius 2 is 2.21 bits per heavy atom. The Bertz CT molecular complexity index is 349. The van der Waals surface area contributed by atoms with E-state index in [2.05, 4.69) is 15.9 Å². The van der Waals surface area contributed by atoms with Crippen LogP contribution in [-0.4, -0.2) is 16.2 Å². The van der Waals surface area contributed by atoms with E-state index < -0.39 is 12.1 Å². The van der Waals surface area contributed by atoms with Crippen molar-refractivity contribution in [1.82, 2.24) is 0 Å². The van der Waals surface area contributed by atoms with Crippen LogP contribution in [0.5, 0.6) is 0 Å². The number of carbonyl (C=O) groups is 1. The van der Waals surface area contributed by atoms with Crippen LogP contribution < -0.4 is 0 Å².